The van der Waals surface area contributed by atoms with E-state index in [1.165, 1.54) is 11.3 Å². The highest BCUT2D eigenvalue weighted by atomic mass is 35.5. The van der Waals surface area contributed by atoms with Gasteiger partial charge >= 0.3 is 0 Å². The van der Waals surface area contributed by atoms with E-state index in [2.05, 4.69) is 4.98 Å². The Morgan fingerprint density at radius 2 is 2.00 bits per heavy atom. The van der Waals surface area contributed by atoms with Gasteiger partial charge in [0.2, 0.25) is 0 Å². The lowest BCUT2D eigenvalue weighted by Crippen LogP contribution is -1.99. The first-order valence-corrected chi connectivity index (χ1v) is 6.78. The molecular formula is C14H10ClNOS. The maximum absolute atomic E-state index is 10.5. The normalized spacial score (nSPS) is 12.8. The summed E-state index contributed by atoms with van der Waals surface area (Å²) in [5.41, 5.74) is 1.71. The van der Waals surface area contributed by atoms with E-state index in [-0.39, 0.29) is 0 Å². The van der Waals surface area contributed by atoms with Gasteiger partial charge in [0.1, 0.15) is 6.10 Å². The van der Waals surface area contributed by atoms with Gasteiger partial charge in [-0.3, -0.25) is 4.98 Å². The molecule has 0 saturated carbocycles. The van der Waals surface area contributed by atoms with Crippen LogP contribution in [0, 0.1) is 0 Å². The Morgan fingerprint density at radius 3 is 2.78 bits per heavy atom. The van der Waals surface area contributed by atoms with Gasteiger partial charge in [0.15, 0.2) is 0 Å². The number of nitrogens with zero attached hydrogens (tertiary/aromatic N) is 1. The van der Waals surface area contributed by atoms with Gasteiger partial charge < -0.3 is 5.11 Å². The summed E-state index contributed by atoms with van der Waals surface area (Å²) < 4.78 is 0. The molecule has 0 aliphatic carbocycles. The van der Waals surface area contributed by atoms with E-state index in [9.17, 15) is 5.11 Å². The van der Waals surface area contributed by atoms with E-state index in [4.69, 9.17) is 11.6 Å². The van der Waals surface area contributed by atoms with Crippen LogP contribution in [-0.2, 0) is 0 Å². The largest absolute Gasteiger partial charge is 0.383 e. The molecule has 3 rings (SSSR count). The molecule has 0 radical (unpaired) electrons. The molecular weight excluding hydrogens is 266 g/mol. The highest BCUT2D eigenvalue weighted by Crippen LogP contribution is 2.35. The highest BCUT2D eigenvalue weighted by Gasteiger charge is 2.17. The Bertz CT molecular complexity index is 690. The van der Waals surface area contributed by atoms with Crippen molar-refractivity contribution in [2.24, 2.45) is 0 Å². The van der Waals surface area contributed by atoms with Crippen LogP contribution in [0.15, 0.2) is 48.0 Å². The molecule has 1 unspecified atom stereocenters. The Labute approximate surface area is 113 Å². The molecule has 4 heteroatoms. The number of hydrogen-bond donors (Lipinski definition) is 1. The monoisotopic (exact) mass is 275 g/mol. The van der Waals surface area contributed by atoms with E-state index in [1.54, 1.807) is 12.3 Å². The fraction of sp³-hybridized carbons (Fsp3) is 0.0714. The third-order valence-corrected chi connectivity index (χ3v) is 4.28. The molecule has 0 aliphatic rings. The number of aliphatic hydroxyl groups excluding tert-OH is 1. The number of thiophene rings is 1. The highest BCUT2D eigenvalue weighted by molar-refractivity contribution is 7.10. The first-order chi connectivity index (χ1) is 8.77. The lowest BCUT2D eigenvalue weighted by molar-refractivity contribution is 0.226. The minimum absolute atomic E-state index is 0.605. The number of pyridine rings is 1. The van der Waals surface area contributed by atoms with Gasteiger partial charge in [-0.1, -0.05) is 29.8 Å². The lowest BCUT2D eigenvalue weighted by Gasteiger charge is -2.12. The van der Waals surface area contributed by atoms with Crippen LogP contribution in [0.2, 0.25) is 5.02 Å². The maximum atomic E-state index is 10.5. The quantitative estimate of drug-likeness (QED) is 0.766. The van der Waals surface area contributed by atoms with Crippen LogP contribution >= 0.6 is 22.9 Å². The van der Waals surface area contributed by atoms with Crippen molar-refractivity contribution in [3.05, 3.63) is 63.4 Å². The number of rotatable bonds is 2. The van der Waals surface area contributed by atoms with Crippen molar-refractivity contribution in [2.75, 3.05) is 0 Å². The number of aromatic nitrogens is 1. The second-order valence-corrected chi connectivity index (χ2v) is 5.31. The Kier molecular flexibility index (Phi) is 3.04. The number of aliphatic hydroxyl groups is 1. The fourth-order valence-corrected chi connectivity index (χ4v) is 3.16. The molecule has 1 N–H and O–H groups in total. The molecule has 1 aromatic carbocycles. The van der Waals surface area contributed by atoms with Crippen molar-refractivity contribution in [3.63, 3.8) is 0 Å². The zero-order chi connectivity index (χ0) is 12.5. The average Bonchev–Trinajstić information content (AvgIpc) is 2.83. The SMILES string of the molecule is OC(c1sccc1Cl)c1ccnc2ccccc12. The number of fused-ring (bicyclic) bond motifs is 1. The molecule has 0 aliphatic heterocycles. The number of hydrogen-bond acceptors (Lipinski definition) is 3. The van der Waals surface area contributed by atoms with Crippen LogP contribution in [0.5, 0.6) is 0 Å². The van der Waals surface area contributed by atoms with Gasteiger partial charge in [-0.15, -0.1) is 11.3 Å². The van der Waals surface area contributed by atoms with Gasteiger partial charge in [-0.2, -0.15) is 0 Å². The summed E-state index contributed by atoms with van der Waals surface area (Å²) in [6.45, 7) is 0. The van der Waals surface area contributed by atoms with Crippen LogP contribution in [0.4, 0.5) is 0 Å². The summed E-state index contributed by atoms with van der Waals surface area (Å²) in [5.74, 6) is 0. The van der Waals surface area contributed by atoms with E-state index in [0.717, 1.165) is 21.3 Å². The summed E-state index contributed by atoms with van der Waals surface area (Å²) >= 11 is 7.53. The topological polar surface area (TPSA) is 33.1 Å². The van der Waals surface area contributed by atoms with Gasteiger partial charge in [0.25, 0.3) is 0 Å². The van der Waals surface area contributed by atoms with Gasteiger partial charge in [-0.05, 0) is 29.1 Å². The summed E-state index contributed by atoms with van der Waals surface area (Å²) in [7, 11) is 0. The van der Waals surface area contributed by atoms with Gasteiger partial charge in [0, 0.05) is 11.6 Å². The van der Waals surface area contributed by atoms with Crippen molar-refractivity contribution < 1.29 is 5.11 Å². The van der Waals surface area contributed by atoms with E-state index >= 15 is 0 Å². The molecule has 0 saturated heterocycles. The smallest absolute Gasteiger partial charge is 0.115 e. The molecule has 0 amide bonds. The van der Waals surface area contributed by atoms with E-state index in [1.807, 2.05) is 35.7 Å². The van der Waals surface area contributed by atoms with Crippen LogP contribution in [0.25, 0.3) is 10.9 Å². The van der Waals surface area contributed by atoms with E-state index in [0.29, 0.717) is 5.02 Å². The van der Waals surface area contributed by atoms with Gasteiger partial charge in [0.05, 0.1) is 15.4 Å². The second-order valence-electron chi connectivity index (χ2n) is 3.95. The van der Waals surface area contributed by atoms with E-state index < -0.39 is 6.10 Å². The fourth-order valence-electron chi connectivity index (χ4n) is 2.00. The molecule has 0 bridgehead atoms. The summed E-state index contributed by atoms with van der Waals surface area (Å²) in [5, 5.41) is 13.9. The third-order valence-electron chi connectivity index (χ3n) is 2.87. The predicted octanol–water partition coefficient (Wildman–Crippen LogP) is 4.03. The molecule has 3 aromatic rings. The van der Waals surface area contributed by atoms with Crippen molar-refractivity contribution in [3.8, 4) is 0 Å². The third kappa shape index (κ3) is 1.90. The first-order valence-electron chi connectivity index (χ1n) is 5.52. The average molecular weight is 276 g/mol. The number of halogens is 1. The first kappa shape index (κ1) is 11.7. The molecule has 2 aromatic heterocycles. The zero-order valence-electron chi connectivity index (χ0n) is 9.38. The molecule has 18 heavy (non-hydrogen) atoms. The minimum atomic E-state index is -0.703. The Morgan fingerprint density at radius 1 is 1.17 bits per heavy atom. The summed E-state index contributed by atoms with van der Waals surface area (Å²) in [4.78, 5) is 5.06. The van der Waals surface area contributed by atoms with Crippen LogP contribution in [0.1, 0.15) is 16.5 Å². The van der Waals surface area contributed by atoms with Crippen LogP contribution < -0.4 is 0 Å². The van der Waals surface area contributed by atoms with Crippen LogP contribution in [-0.4, -0.2) is 10.1 Å². The second kappa shape index (κ2) is 4.69. The lowest BCUT2D eigenvalue weighted by atomic mass is 10.0. The summed E-state index contributed by atoms with van der Waals surface area (Å²) in [6, 6.07) is 11.4. The molecule has 2 nitrogen and oxygen atoms in total. The summed E-state index contributed by atoms with van der Waals surface area (Å²) in [6.07, 6.45) is 1.01. The number of para-hydroxylation sites is 1. The Balaban J connectivity index is 2.18. The molecule has 2 heterocycles. The van der Waals surface area contributed by atoms with Crippen molar-refractivity contribution in [2.45, 2.75) is 6.10 Å². The van der Waals surface area contributed by atoms with Crippen molar-refractivity contribution >= 4 is 33.8 Å². The molecule has 0 spiro atoms. The molecule has 90 valence electrons. The predicted molar refractivity (Wildman–Crippen MR) is 75.1 cm³/mol. The zero-order valence-corrected chi connectivity index (χ0v) is 10.9. The minimum Gasteiger partial charge on any atom is -0.383 e. The Hall–Kier alpha value is -1.42. The van der Waals surface area contributed by atoms with Crippen LogP contribution in [0.3, 0.4) is 0 Å². The van der Waals surface area contributed by atoms with Gasteiger partial charge in [-0.25, -0.2) is 0 Å². The van der Waals surface area contributed by atoms with Crippen molar-refractivity contribution in [1.29, 1.82) is 0 Å². The molecule has 0 fully saturated rings. The maximum Gasteiger partial charge on any atom is 0.115 e. The number of benzene rings is 1. The molecule has 1 atom stereocenters. The standard InChI is InChI=1S/C14H10ClNOS/c15-11-6-8-18-14(11)13(17)10-5-7-16-12-4-2-1-3-9(10)12/h1-8,13,17H. The van der Waals surface area contributed by atoms with Crippen molar-refractivity contribution in [1.82, 2.24) is 4.98 Å².